The smallest absolute Gasteiger partial charge is 0.325 e. The van der Waals surface area contributed by atoms with Crippen molar-refractivity contribution in [1.82, 2.24) is 15.5 Å². The minimum atomic E-state index is -1.06. The zero-order valence-electron chi connectivity index (χ0n) is 17.9. The fourth-order valence-corrected chi connectivity index (χ4v) is 3.49. The molecule has 8 nitrogen and oxygen atoms in total. The van der Waals surface area contributed by atoms with E-state index in [1.807, 2.05) is 42.5 Å². The van der Waals surface area contributed by atoms with Gasteiger partial charge in [0, 0.05) is 12.1 Å². The molecule has 2 aromatic rings. The first-order valence-corrected chi connectivity index (χ1v) is 10.0. The van der Waals surface area contributed by atoms with E-state index in [9.17, 15) is 14.4 Å². The molecule has 0 spiro atoms. The summed E-state index contributed by atoms with van der Waals surface area (Å²) in [7, 11) is 3.16. The number of carbonyl (C=O) groups is 3. The highest BCUT2D eigenvalue weighted by Crippen LogP contribution is 2.24. The summed E-state index contributed by atoms with van der Waals surface area (Å²) >= 11 is 0. The van der Waals surface area contributed by atoms with E-state index in [0.29, 0.717) is 18.6 Å². The zero-order chi connectivity index (χ0) is 22.4. The second-order valence-corrected chi connectivity index (χ2v) is 7.59. The fraction of sp³-hybridized carbons (Fsp3) is 0.348. The van der Waals surface area contributed by atoms with E-state index in [0.717, 1.165) is 21.8 Å². The molecule has 0 radical (unpaired) electrons. The van der Waals surface area contributed by atoms with E-state index in [-0.39, 0.29) is 13.1 Å². The zero-order valence-corrected chi connectivity index (χ0v) is 17.9. The average Bonchev–Trinajstić information content (AvgIpc) is 3.00. The van der Waals surface area contributed by atoms with Crippen molar-refractivity contribution < 1.29 is 23.9 Å². The molecule has 164 valence electrons. The molecule has 0 aliphatic carbocycles. The van der Waals surface area contributed by atoms with Gasteiger partial charge in [0.1, 0.15) is 23.6 Å². The van der Waals surface area contributed by atoms with Gasteiger partial charge in [0.05, 0.1) is 14.2 Å². The lowest BCUT2D eigenvalue weighted by Gasteiger charge is -2.21. The van der Waals surface area contributed by atoms with Crippen molar-refractivity contribution in [3.63, 3.8) is 0 Å². The predicted molar refractivity (Wildman–Crippen MR) is 115 cm³/mol. The molecule has 0 aromatic heterocycles. The normalized spacial score (nSPS) is 18.0. The minimum absolute atomic E-state index is 0.237. The van der Waals surface area contributed by atoms with Gasteiger partial charge in [-0.2, -0.15) is 0 Å². The third-order valence-corrected chi connectivity index (χ3v) is 5.39. The first kappa shape index (κ1) is 22.1. The van der Waals surface area contributed by atoms with Crippen LogP contribution >= 0.6 is 0 Å². The number of nitrogens with zero attached hydrogens (tertiary/aromatic N) is 1. The summed E-state index contributed by atoms with van der Waals surface area (Å²) in [5.41, 5.74) is 0.775. The van der Waals surface area contributed by atoms with Crippen molar-refractivity contribution in [1.29, 1.82) is 0 Å². The van der Waals surface area contributed by atoms with Crippen molar-refractivity contribution in [3.05, 3.63) is 59.7 Å². The Morgan fingerprint density at radius 1 is 1.06 bits per heavy atom. The van der Waals surface area contributed by atoms with E-state index in [1.54, 1.807) is 27.2 Å². The molecule has 2 aromatic carbocycles. The molecular weight excluding hydrogens is 398 g/mol. The van der Waals surface area contributed by atoms with Gasteiger partial charge in [-0.1, -0.05) is 30.3 Å². The number of ether oxygens (including phenoxy) is 2. The van der Waals surface area contributed by atoms with E-state index < -0.39 is 23.4 Å². The lowest BCUT2D eigenvalue weighted by molar-refractivity contribution is -0.134. The largest absolute Gasteiger partial charge is 0.497 e. The monoisotopic (exact) mass is 425 g/mol. The van der Waals surface area contributed by atoms with Gasteiger partial charge in [-0.25, -0.2) is 4.79 Å². The van der Waals surface area contributed by atoms with E-state index in [1.165, 1.54) is 0 Å². The van der Waals surface area contributed by atoms with E-state index in [2.05, 4.69) is 10.6 Å². The first-order chi connectivity index (χ1) is 14.9. The Morgan fingerprint density at radius 2 is 1.77 bits per heavy atom. The topological polar surface area (TPSA) is 97.0 Å². The molecule has 0 saturated carbocycles. The summed E-state index contributed by atoms with van der Waals surface area (Å²) in [5, 5.41) is 5.47. The standard InChI is InChI=1S/C23H27N3O5/c1-23(13-12-16-8-10-18(30-2)11-9-16)21(28)26(22(29)25-23)15-20(27)24-14-17-6-4-5-7-19(17)31-3/h4-11H,12-15H2,1-3H3,(H,24,27)(H,25,29). The highest BCUT2D eigenvalue weighted by Gasteiger charge is 2.47. The van der Waals surface area contributed by atoms with Crippen LogP contribution in [-0.4, -0.2) is 49.0 Å². The number of methoxy groups -OCH3 is 2. The maximum atomic E-state index is 12.9. The number of imide groups is 1. The van der Waals surface area contributed by atoms with Gasteiger partial charge < -0.3 is 20.1 Å². The summed E-state index contributed by atoms with van der Waals surface area (Å²) in [6.45, 7) is 1.59. The molecule has 1 saturated heterocycles. The number of carbonyl (C=O) groups excluding carboxylic acids is 3. The molecule has 4 amide bonds. The number of para-hydroxylation sites is 1. The number of benzene rings is 2. The third-order valence-electron chi connectivity index (χ3n) is 5.39. The molecule has 1 unspecified atom stereocenters. The summed E-state index contributed by atoms with van der Waals surface area (Å²) in [6, 6.07) is 14.3. The Balaban J connectivity index is 1.56. The molecule has 1 heterocycles. The van der Waals surface area contributed by atoms with Crippen molar-refractivity contribution in [2.75, 3.05) is 20.8 Å². The Labute approximate surface area is 181 Å². The summed E-state index contributed by atoms with van der Waals surface area (Å²) in [6.07, 6.45) is 1.02. The molecule has 0 bridgehead atoms. The molecule has 8 heteroatoms. The van der Waals surface area contributed by atoms with Crippen molar-refractivity contribution in [2.24, 2.45) is 0 Å². The molecule has 1 aliphatic heterocycles. The SMILES string of the molecule is COc1ccc(CCC2(C)NC(=O)N(CC(=O)NCc3ccccc3OC)C2=O)cc1. The van der Waals surface area contributed by atoms with Crippen LogP contribution in [0.2, 0.25) is 0 Å². The maximum Gasteiger partial charge on any atom is 0.325 e. The van der Waals surface area contributed by atoms with E-state index >= 15 is 0 Å². The quantitative estimate of drug-likeness (QED) is 0.601. The fourth-order valence-electron chi connectivity index (χ4n) is 3.49. The number of hydrogen-bond acceptors (Lipinski definition) is 5. The highest BCUT2D eigenvalue weighted by atomic mass is 16.5. The van der Waals surface area contributed by atoms with Crippen molar-refractivity contribution in [2.45, 2.75) is 31.8 Å². The Bertz CT molecular complexity index is 960. The Kier molecular flexibility index (Phi) is 6.79. The number of rotatable bonds is 9. The molecule has 1 aliphatic rings. The van der Waals surface area contributed by atoms with Crippen LogP contribution in [-0.2, 0) is 22.6 Å². The molecule has 3 rings (SSSR count). The van der Waals surface area contributed by atoms with Gasteiger partial charge in [0.25, 0.3) is 5.91 Å². The van der Waals surface area contributed by atoms with Crippen LogP contribution in [0.4, 0.5) is 4.79 Å². The first-order valence-electron chi connectivity index (χ1n) is 10.0. The third kappa shape index (κ3) is 5.14. The Morgan fingerprint density at radius 3 is 2.45 bits per heavy atom. The van der Waals surface area contributed by atoms with Gasteiger partial charge in [-0.3, -0.25) is 14.5 Å². The van der Waals surface area contributed by atoms with Gasteiger partial charge in [-0.05, 0) is 43.5 Å². The molecule has 2 N–H and O–H groups in total. The number of aryl methyl sites for hydroxylation is 1. The lowest BCUT2D eigenvalue weighted by Crippen LogP contribution is -2.45. The van der Waals surface area contributed by atoms with E-state index in [4.69, 9.17) is 9.47 Å². The number of amides is 4. The van der Waals surface area contributed by atoms with Crippen LogP contribution in [0.25, 0.3) is 0 Å². The molecule has 31 heavy (non-hydrogen) atoms. The van der Waals surface area contributed by atoms with Crippen molar-refractivity contribution in [3.8, 4) is 11.5 Å². The maximum absolute atomic E-state index is 12.9. The van der Waals surface area contributed by atoms with Crippen LogP contribution in [0.1, 0.15) is 24.5 Å². The van der Waals surface area contributed by atoms with Gasteiger partial charge in [0.2, 0.25) is 5.91 Å². The summed E-state index contributed by atoms with van der Waals surface area (Å²) in [4.78, 5) is 38.6. The van der Waals surface area contributed by atoms with Crippen LogP contribution in [0.15, 0.2) is 48.5 Å². The second kappa shape index (κ2) is 9.51. The minimum Gasteiger partial charge on any atom is -0.497 e. The predicted octanol–water partition coefficient (Wildman–Crippen LogP) is 2.26. The molecule has 1 atom stereocenters. The Hall–Kier alpha value is -3.55. The molecule has 1 fully saturated rings. The van der Waals surface area contributed by atoms with Crippen LogP contribution < -0.4 is 20.1 Å². The number of nitrogens with one attached hydrogen (secondary N) is 2. The number of hydrogen-bond donors (Lipinski definition) is 2. The molecular formula is C23H27N3O5. The van der Waals surface area contributed by atoms with Gasteiger partial charge in [-0.15, -0.1) is 0 Å². The van der Waals surface area contributed by atoms with Gasteiger partial charge >= 0.3 is 6.03 Å². The highest BCUT2D eigenvalue weighted by molar-refractivity contribution is 6.08. The average molecular weight is 425 g/mol. The van der Waals surface area contributed by atoms with Crippen molar-refractivity contribution >= 4 is 17.8 Å². The van der Waals surface area contributed by atoms with Crippen LogP contribution in [0.5, 0.6) is 11.5 Å². The summed E-state index contributed by atoms with van der Waals surface area (Å²) in [5.74, 6) is 0.585. The van der Waals surface area contributed by atoms with Gasteiger partial charge in [0.15, 0.2) is 0 Å². The van der Waals surface area contributed by atoms with Crippen LogP contribution in [0.3, 0.4) is 0 Å². The summed E-state index contributed by atoms with van der Waals surface area (Å²) < 4.78 is 10.4. The lowest BCUT2D eigenvalue weighted by atomic mass is 9.93. The van der Waals surface area contributed by atoms with Crippen LogP contribution in [0, 0.1) is 0 Å². The number of urea groups is 1. The second-order valence-electron chi connectivity index (χ2n) is 7.59.